The fourth-order valence-corrected chi connectivity index (χ4v) is 2.10. The molecule has 0 saturated heterocycles. The van der Waals surface area contributed by atoms with Crippen molar-refractivity contribution in [3.63, 3.8) is 0 Å². The number of benzene rings is 1. The van der Waals surface area contributed by atoms with Gasteiger partial charge >= 0.3 is 5.97 Å². The number of rotatable bonds is 5. The van der Waals surface area contributed by atoms with E-state index in [1.807, 2.05) is 35.9 Å². The molecule has 1 aromatic carbocycles. The number of hydrogen-bond acceptors (Lipinski definition) is 3. The summed E-state index contributed by atoms with van der Waals surface area (Å²) in [6.07, 6.45) is 0. The molecule has 0 aliphatic carbocycles. The SMILES string of the molecule is CCn1nc(CN(C)CC(=O)O)c2ccccc21. The van der Waals surface area contributed by atoms with Gasteiger partial charge in [-0.3, -0.25) is 14.4 Å². The molecule has 0 atom stereocenters. The van der Waals surface area contributed by atoms with Crippen LogP contribution in [-0.4, -0.2) is 39.3 Å². The molecule has 0 unspecified atom stereocenters. The number of fused-ring (bicyclic) bond motifs is 1. The third-order valence-electron chi connectivity index (χ3n) is 2.86. The Morgan fingerprint density at radius 3 is 2.83 bits per heavy atom. The average molecular weight is 247 g/mol. The van der Waals surface area contributed by atoms with Crippen LogP contribution >= 0.6 is 0 Å². The topological polar surface area (TPSA) is 58.4 Å². The van der Waals surface area contributed by atoms with Crippen LogP contribution in [-0.2, 0) is 17.9 Å². The maximum Gasteiger partial charge on any atom is 0.317 e. The summed E-state index contributed by atoms with van der Waals surface area (Å²) >= 11 is 0. The molecule has 2 rings (SSSR count). The zero-order chi connectivity index (χ0) is 13.1. The highest BCUT2D eigenvalue weighted by Gasteiger charge is 2.12. The minimum Gasteiger partial charge on any atom is -0.480 e. The highest BCUT2D eigenvalue weighted by molar-refractivity contribution is 5.82. The van der Waals surface area contributed by atoms with E-state index in [2.05, 4.69) is 5.10 Å². The fourth-order valence-electron chi connectivity index (χ4n) is 2.10. The van der Waals surface area contributed by atoms with Crippen molar-refractivity contribution in [1.82, 2.24) is 14.7 Å². The summed E-state index contributed by atoms with van der Waals surface area (Å²) in [6, 6.07) is 8.02. The predicted molar refractivity (Wildman–Crippen MR) is 69.4 cm³/mol. The van der Waals surface area contributed by atoms with Crippen LogP contribution in [0.4, 0.5) is 0 Å². The van der Waals surface area contributed by atoms with Crippen molar-refractivity contribution in [3.8, 4) is 0 Å². The number of likely N-dealkylation sites (N-methyl/N-ethyl adjacent to an activating group) is 1. The van der Waals surface area contributed by atoms with Crippen molar-refractivity contribution in [2.45, 2.75) is 20.0 Å². The molecule has 1 heterocycles. The predicted octanol–water partition coefficient (Wildman–Crippen LogP) is 1.57. The number of aliphatic carboxylic acids is 1. The third kappa shape index (κ3) is 2.51. The standard InChI is InChI=1S/C13H17N3O2/c1-3-16-12-7-5-4-6-10(12)11(14-16)8-15(2)9-13(17)18/h4-7H,3,8-9H2,1-2H3,(H,17,18). The van der Waals surface area contributed by atoms with E-state index >= 15 is 0 Å². The largest absolute Gasteiger partial charge is 0.480 e. The Morgan fingerprint density at radius 2 is 2.17 bits per heavy atom. The summed E-state index contributed by atoms with van der Waals surface area (Å²) in [5, 5.41) is 14.4. The van der Waals surface area contributed by atoms with Gasteiger partial charge in [0.15, 0.2) is 0 Å². The van der Waals surface area contributed by atoms with Gasteiger partial charge in [0.25, 0.3) is 0 Å². The lowest BCUT2D eigenvalue weighted by Gasteiger charge is -2.11. The van der Waals surface area contributed by atoms with Crippen LogP contribution in [0.25, 0.3) is 10.9 Å². The molecule has 5 nitrogen and oxygen atoms in total. The number of aromatic nitrogens is 2. The number of hydrogen-bond donors (Lipinski definition) is 1. The van der Waals surface area contributed by atoms with E-state index in [0.29, 0.717) is 6.54 Å². The molecular formula is C13H17N3O2. The van der Waals surface area contributed by atoms with E-state index in [9.17, 15) is 4.79 Å². The third-order valence-corrected chi connectivity index (χ3v) is 2.86. The van der Waals surface area contributed by atoms with Gasteiger partial charge in [-0.25, -0.2) is 0 Å². The first-order valence-electron chi connectivity index (χ1n) is 5.96. The summed E-state index contributed by atoms with van der Waals surface area (Å²) < 4.78 is 1.94. The van der Waals surface area contributed by atoms with E-state index in [1.54, 1.807) is 11.9 Å². The monoisotopic (exact) mass is 247 g/mol. The van der Waals surface area contributed by atoms with Gasteiger partial charge < -0.3 is 5.11 Å². The van der Waals surface area contributed by atoms with Crippen LogP contribution in [0.5, 0.6) is 0 Å². The van der Waals surface area contributed by atoms with Crippen molar-refractivity contribution in [1.29, 1.82) is 0 Å². The van der Waals surface area contributed by atoms with Crippen molar-refractivity contribution in [2.24, 2.45) is 0 Å². The van der Waals surface area contributed by atoms with Crippen LogP contribution in [0, 0.1) is 0 Å². The first-order chi connectivity index (χ1) is 8.61. The minimum absolute atomic E-state index is 0.0211. The van der Waals surface area contributed by atoms with Gasteiger partial charge in [-0.05, 0) is 20.0 Å². The van der Waals surface area contributed by atoms with E-state index in [-0.39, 0.29) is 6.54 Å². The van der Waals surface area contributed by atoms with Crippen molar-refractivity contribution in [3.05, 3.63) is 30.0 Å². The Bertz CT molecular complexity index is 562. The molecule has 0 aliphatic rings. The summed E-state index contributed by atoms with van der Waals surface area (Å²) in [4.78, 5) is 12.4. The van der Waals surface area contributed by atoms with Gasteiger partial charge in [-0.15, -0.1) is 0 Å². The van der Waals surface area contributed by atoms with Crippen LogP contribution in [0.3, 0.4) is 0 Å². The Balaban J connectivity index is 2.30. The Kier molecular flexibility index (Phi) is 3.62. The lowest BCUT2D eigenvalue weighted by atomic mass is 10.2. The van der Waals surface area contributed by atoms with Crippen LogP contribution in [0.15, 0.2) is 24.3 Å². The lowest BCUT2D eigenvalue weighted by molar-refractivity contribution is -0.138. The first kappa shape index (κ1) is 12.6. The molecule has 18 heavy (non-hydrogen) atoms. The van der Waals surface area contributed by atoms with Crippen LogP contribution in [0.1, 0.15) is 12.6 Å². The number of nitrogens with zero attached hydrogens (tertiary/aromatic N) is 3. The highest BCUT2D eigenvalue weighted by Crippen LogP contribution is 2.19. The normalized spacial score (nSPS) is 11.3. The van der Waals surface area contributed by atoms with Gasteiger partial charge in [-0.2, -0.15) is 5.10 Å². The molecule has 2 aromatic rings. The zero-order valence-electron chi connectivity index (χ0n) is 10.6. The Morgan fingerprint density at radius 1 is 1.44 bits per heavy atom. The van der Waals surface area contributed by atoms with E-state index < -0.39 is 5.97 Å². The van der Waals surface area contributed by atoms with Gasteiger partial charge in [0, 0.05) is 18.5 Å². The molecule has 5 heteroatoms. The fraction of sp³-hybridized carbons (Fsp3) is 0.385. The quantitative estimate of drug-likeness (QED) is 0.871. The lowest BCUT2D eigenvalue weighted by Crippen LogP contribution is -2.25. The Hall–Kier alpha value is -1.88. The maximum atomic E-state index is 10.7. The molecule has 96 valence electrons. The van der Waals surface area contributed by atoms with Gasteiger partial charge in [0.05, 0.1) is 17.8 Å². The molecule has 0 bridgehead atoms. The highest BCUT2D eigenvalue weighted by atomic mass is 16.4. The van der Waals surface area contributed by atoms with Crippen LogP contribution < -0.4 is 0 Å². The average Bonchev–Trinajstić information content (AvgIpc) is 2.67. The number of carbonyl (C=O) groups is 1. The molecule has 0 amide bonds. The summed E-state index contributed by atoms with van der Waals surface area (Å²) in [5.41, 5.74) is 2.02. The van der Waals surface area contributed by atoms with Crippen molar-refractivity contribution in [2.75, 3.05) is 13.6 Å². The van der Waals surface area contributed by atoms with Crippen molar-refractivity contribution >= 4 is 16.9 Å². The number of para-hydroxylation sites is 1. The second-order valence-electron chi connectivity index (χ2n) is 4.35. The summed E-state index contributed by atoms with van der Waals surface area (Å²) in [7, 11) is 1.79. The molecule has 1 aromatic heterocycles. The number of aryl methyl sites for hydroxylation is 1. The summed E-state index contributed by atoms with van der Waals surface area (Å²) in [5.74, 6) is -0.822. The van der Waals surface area contributed by atoms with Crippen LogP contribution in [0.2, 0.25) is 0 Å². The molecular weight excluding hydrogens is 230 g/mol. The second kappa shape index (κ2) is 5.18. The Labute approximate surface area is 106 Å². The minimum atomic E-state index is -0.822. The first-order valence-corrected chi connectivity index (χ1v) is 5.96. The van der Waals surface area contributed by atoms with Gasteiger partial charge in [-0.1, -0.05) is 18.2 Å². The number of carboxylic acid groups (broad SMARTS) is 1. The molecule has 0 saturated carbocycles. The van der Waals surface area contributed by atoms with Gasteiger partial charge in [0.1, 0.15) is 0 Å². The van der Waals surface area contributed by atoms with Crippen molar-refractivity contribution < 1.29 is 9.90 Å². The van der Waals surface area contributed by atoms with E-state index in [4.69, 9.17) is 5.11 Å². The number of carboxylic acids is 1. The second-order valence-corrected chi connectivity index (χ2v) is 4.35. The maximum absolute atomic E-state index is 10.7. The smallest absolute Gasteiger partial charge is 0.317 e. The molecule has 0 fully saturated rings. The molecule has 0 radical (unpaired) electrons. The van der Waals surface area contributed by atoms with E-state index in [1.165, 1.54) is 0 Å². The van der Waals surface area contributed by atoms with E-state index in [0.717, 1.165) is 23.1 Å². The molecule has 1 N–H and O–H groups in total. The molecule has 0 aliphatic heterocycles. The zero-order valence-corrected chi connectivity index (χ0v) is 10.6. The molecule has 0 spiro atoms. The summed E-state index contributed by atoms with van der Waals surface area (Å²) in [6.45, 7) is 3.42. The van der Waals surface area contributed by atoms with Gasteiger partial charge in [0.2, 0.25) is 0 Å².